The topological polar surface area (TPSA) is 76.4 Å². The number of rotatable bonds is 5. The van der Waals surface area contributed by atoms with E-state index in [1.165, 1.54) is 12.8 Å². The zero-order valence-corrected chi connectivity index (χ0v) is 16.5. The monoisotopic (exact) mass is 391 g/mol. The molecule has 27 heavy (non-hydrogen) atoms. The van der Waals surface area contributed by atoms with Crippen LogP contribution in [0.5, 0.6) is 5.75 Å². The first-order valence-electron chi connectivity index (χ1n) is 9.30. The minimum Gasteiger partial charge on any atom is -0.488 e. The maximum absolute atomic E-state index is 12.8. The van der Waals surface area contributed by atoms with Crippen LogP contribution in [-0.2, 0) is 6.61 Å². The number of amides is 1. The Kier molecular flexibility index (Phi) is 6.07. The van der Waals surface area contributed by atoms with E-state index in [1.807, 2.05) is 38.1 Å². The van der Waals surface area contributed by atoms with Crippen molar-refractivity contribution >= 4 is 18.3 Å². The summed E-state index contributed by atoms with van der Waals surface area (Å²) < 4.78 is 11.1. The Morgan fingerprint density at radius 1 is 1.26 bits per heavy atom. The highest BCUT2D eigenvalue weighted by Crippen LogP contribution is 2.28. The number of carbonyl (C=O) groups excluding carboxylic acids is 1. The molecular weight excluding hydrogens is 366 g/mol. The Labute approximate surface area is 165 Å². The van der Waals surface area contributed by atoms with Gasteiger partial charge < -0.3 is 19.9 Å². The molecule has 0 aliphatic carbocycles. The third kappa shape index (κ3) is 4.28. The zero-order valence-electron chi connectivity index (χ0n) is 15.7. The van der Waals surface area contributed by atoms with E-state index in [4.69, 9.17) is 9.26 Å². The van der Waals surface area contributed by atoms with Gasteiger partial charge in [-0.05, 0) is 51.7 Å². The van der Waals surface area contributed by atoms with E-state index < -0.39 is 0 Å². The molecule has 1 amide bonds. The van der Waals surface area contributed by atoms with Crippen LogP contribution in [0.1, 0.15) is 53.1 Å². The molecule has 6 nitrogen and oxygen atoms in total. The number of aromatic nitrogens is 1. The van der Waals surface area contributed by atoms with Crippen LogP contribution in [-0.4, -0.2) is 29.2 Å². The summed E-state index contributed by atoms with van der Waals surface area (Å²) in [6.07, 6.45) is 4.44. The van der Waals surface area contributed by atoms with Crippen molar-refractivity contribution in [3.05, 3.63) is 46.8 Å². The lowest BCUT2D eigenvalue weighted by Crippen LogP contribution is -2.48. The highest BCUT2D eigenvalue weighted by atomic mass is 35.5. The number of benzene rings is 1. The van der Waals surface area contributed by atoms with Crippen molar-refractivity contribution in [3.8, 4) is 5.75 Å². The van der Waals surface area contributed by atoms with Crippen molar-refractivity contribution in [3.63, 3.8) is 0 Å². The largest absolute Gasteiger partial charge is 0.488 e. The number of carbonyl (C=O) groups is 1. The Hall–Kier alpha value is -2.05. The summed E-state index contributed by atoms with van der Waals surface area (Å²) in [6.45, 7) is 4.09. The molecule has 0 spiro atoms. The fraction of sp³-hybridized carbons (Fsp3) is 0.500. The first-order valence-corrected chi connectivity index (χ1v) is 9.30. The second-order valence-corrected chi connectivity index (χ2v) is 7.37. The number of para-hydroxylation sites is 1. The summed E-state index contributed by atoms with van der Waals surface area (Å²) in [4.78, 5) is 12.8. The number of hydrogen-bond donors (Lipinski definition) is 2. The number of nitrogens with one attached hydrogen (secondary N) is 2. The van der Waals surface area contributed by atoms with Crippen LogP contribution < -0.4 is 15.4 Å². The fourth-order valence-corrected chi connectivity index (χ4v) is 4.08. The second kappa shape index (κ2) is 8.31. The number of hydrogen-bond acceptors (Lipinski definition) is 5. The van der Waals surface area contributed by atoms with Gasteiger partial charge in [0.2, 0.25) is 0 Å². The number of fused-ring (bicyclic) bond motifs is 2. The smallest absolute Gasteiger partial charge is 0.255 e. The van der Waals surface area contributed by atoms with Gasteiger partial charge in [-0.15, -0.1) is 12.4 Å². The van der Waals surface area contributed by atoms with Gasteiger partial charge in [0.25, 0.3) is 5.91 Å². The van der Waals surface area contributed by atoms with E-state index in [9.17, 15) is 4.79 Å². The lowest BCUT2D eigenvalue weighted by Gasteiger charge is -2.29. The number of aryl methyl sites for hydroxylation is 2. The molecule has 2 aromatic rings. The van der Waals surface area contributed by atoms with E-state index in [-0.39, 0.29) is 24.4 Å². The van der Waals surface area contributed by atoms with Gasteiger partial charge in [0.15, 0.2) is 0 Å². The maximum atomic E-state index is 12.8. The van der Waals surface area contributed by atoms with Crippen molar-refractivity contribution < 1.29 is 14.1 Å². The first-order chi connectivity index (χ1) is 12.6. The average Bonchev–Trinajstić information content (AvgIpc) is 3.14. The van der Waals surface area contributed by atoms with Gasteiger partial charge in [-0.3, -0.25) is 4.79 Å². The third-order valence-corrected chi connectivity index (χ3v) is 5.49. The minimum absolute atomic E-state index is 0. The van der Waals surface area contributed by atoms with Gasteiger partial charge in [-0.25, -0.2) is 0 Å². The molecule has 4 rings (SSSR count). The molecule has 0 saturated carbocycles. The van der Waals surface area contributed by atoms with Crippen LogP contribution in [0, 0.1) is 13.8 Å². The quantitative estimate of drug-likeness (QED) is 0.817. The van der Waals surface area contributed by atoms with Crippen LogP contribution in [0.25, 0.3) is 0 Å². The van der Waals surface area contributed by atoms with Crippen molar-refractivity contribution in [1.82, 2.24) is 15.8 Å². The molecule has 2 aliphatic heterocycles. The summed E-state index contributed by atoms with van der Waals surface area (Å²) in [7, 11) is 0. The molecule has 2 aliphatic rings. The highest BCUT2D eigenvalue weighted by Gasteiger charge is 2.34. The molecule has 2 saturated heterocycles. The SMILES string of the molecule is Cc1noc(C)c1COc1ccccc1C(=O)NC1CC2CCC(C1)N2.Cl. The Morgan fingerprint density at radius 2 is 1.96 bits per heavy atom. The van der Waals surface area contributed by atoms with Gasteiger partial charge in [0.05, 0.1) is 16.8 Å². The zero-order chi connectivity index (χ0) is 18.1. The van der Waals surface area contributed by atoms with E-state index in [2.05, 4.69) is 15.8 Å². The standard InChI is InChI=1S/C20H25N3O3.ClH/c1-12-18(13(2)26-23-12)11-25-19-6-4-3-5-17(19)20(24)22-16-9-14-7-8-15(10-16)21-14;/h3-6,14-16,21H,7-11H2,1-2H3,(H,22,24);1H. The van der Waals surface area contributed by atoms with Gasteiger partial charge >= 0.3 is 0 Å². The Balaban J connectivity index is 0.00000210. The molecule has 0 radical (unpaired) electrons. The lowest BCUT2D eigenvalue weighted by molar-refractivity contribution is 0.0919. The molecule has 2 atom stereocenters. The van der Waals surface area contributed by atoms with Crippen molar-refractivity contribution in [1.29, 1.82) is 0 Å². The maximum Gasteiger partial charge on any atom is 0.255 e. The average molecular weight is 392 g/mol. The molecule has 1 aromatic heterocycles. The highest BCUT2D eigenvalue weighted by molar-refractivity contribution is 5.97. The number of ether oxygens (including phenoxy) is 1. The molecule has 1 aromatic carbocycles. The van der Waals surface area contributed by atoms with Crippen LogP contribution in [0.4, 0.5) is 0 Å². The predicted octanol–water partition coefficient (Wildman–Crippen LogP) is 3.31. The van der Waals surface area contributed by atoms with Crippen molar-refractivity contribution in [2.45, 2.75) is 64.3 Å². The van der Waals surface area contributed by atoms with Gasteiger partial charge in [-0.1, -0.05) is 17.3 Å². The Bertz CT molecular complexity index is 776. The number of halogens is 1. The molecular formula is C20H26ClN3O3. The summed E-state index contributed by atoms with van der Waals surface area (Å²) >= 11 is 0. The number of piperidine rings is 1. The summed E-state index contributed by atoms with van der Waals surface area (Å²) in [6, 6.07) is 8.72. The lowest BCUT2D eigenvalue weighted by atomic mass is 9.99. The van der Waals surface area contributed by atoms with Crippen LogP contribution in [0.2, 0.25) is 0 Å². The third-order valence-electron chi connectivity index (χ3n) is 5.49. The predicted molar refractivity (Wildman–Crippen MR) is 104 cm³/mol. The Morgan fingerprint density at radius 3 is 2.63 bits per heavy atom. The molecule has 2 fully saturated rings. The van der Waals surface area contributed by atoms with Gasteiger partial charge in [0, 0.05) is 18.1 Å². The summed E-state index contributed by atoms with van der Waals surface area (Å²) in [5.41, 5.74) is 2.31. The van der Waals surface area contributed by atoms with E-state index in [0.29, 0.717) is 30.0 Å². The van der Waals surface area contributed by atoms with Crippen molar-refractivity contribution in [2.24, 2.45) is 0 Å². The molecule has 146 valence electrons. The molecule has 2 N–H and O–H groups in total. The summed E-state index contributed by atoms with van der Waals surface area (Å²) in [5.74, 6) is 1.27. The molecule has 7 heteroatoms. The molecule has 2 unspecified atom stereocenters. The van der Waals surface area contributed by atoms with E-state index in [0.717, 1.165) is 29.9 Å². The first kappa shape index (κ1) is 19.7. The van der Waals surface area contributed by atoms with Crippen LogP contribution >= 0.6 is 12.4 Å². The van der Waals surface area contributed by atoms with Gasteiger partial charge in [0.1, 0.15) is 18.1 Å². The molecule has 3 heterocycles. The normalized spacial score (nSPS) is 23.6. The van der Waals surface area contributed by atoms with Crippen LogP contribution in [0.15, 0.2) is 28.8 Å². The molecule has 2 bridgehead atoms. The fourth-order valence-electron chi connectivity index (χ4n) is 4.08. The van der Waals surface area contributed by atoms with E-state index >= 15 is 0 Å². The van der Waals surface area contributed by atoms with Crippen LogP contribution in [0.3, 0.4) is 0 Å². The van der Waals surface area contributed by atoms with Crippen molar-refractivity contribution in [2.75, 3.05) is 0 Å². The second-order valence-electron chi connectivity index (χ2n) is 7.37. The number of nitrogens with zero attached hydrogens (tertiary/aromatic N) is 1. The van der Waals surface area contributed by atoms with Gasteiger partial charge in [-0.2, -0.15) is 0 Å². The summed E-state index contributed by atoms with van der Waals surface area (Å²) in [5, 5.41) is 10.7. The van der Waals surface area contributed by atoms with E-state index in [1.54, 1.807) is 0 Å². The minimum atomic E-state index is -0.0642.